The van der Waals surface area contributed by atoms with E-state index in [4.69, 9.17) is 22.1 Å². The number of ether oxygens (including phenoxy) is 1. The number of hydrogen-bond donors (Lipinski definition) is 2. The van der Waals surface area contributed by atoms with E-state index in [-0.39, 0.29) is 12.0 Å². The van der Waals surface area contributed by atoms with Gasteiger partial charge in [0.15, 0.2) is 0 Å². The van der Waals surface area contributed by atoms with Gasteiger partial charge >= 0.3 is 6.03 Å². The Morgan fingerprint density at radius 1 is 1.17 bits per heavy atom. The first kappa shape index (κ1) is 15.6. The molecule has 1 fully saturated rings. The summed E-state index contributed by atoms with van der Waals surface area (Å²) in [5.41, 5.74) is 6.18. The van der Waals surface area contributed by atoms with Crippen LogP contribution in [0.2, 0.25) is 5.02 Å². The molecule has 0 radical (unpaired) electrons. The van der Waals surface area contributed by atoms with E-state index in [1.165, 1.54) is 0 Å². The van der Waals surface area contributed by atoms with Gasteiger partial charge in [-0.1, -0.05) is 23.7 Å². The number of carbonyl (C=O) groups excluding carboxylic acids is 1. The number of urea groups is 1. The lowest BCUT2D eigenvalue weighted by atomic mass is 9.75. The summed E-state index contributed by atoms with van der Waals surface area (Å²) >= 11 is 5.86. The van der Waals surface area contributed by atoms with Crippen molar-refractivity contribution in [2.24, 2.45) is 5.73 Å². The SMILES string of the molecule is NC(=O)N(O)[C@H]1C[C@H](c2cccc(Oc3ccc(Cl)cc3)c2)C1. The standard InChI is InChI=1S/C17H17ClN2O3/c18-13-4-6-15(7-5-13)23-16-3-1-2-11(10-16)12-8-14(9-12)20(22)17(19)21/h1-7,10,12,14,22H,8-9H2,(H2,19,21)/t12-,14-. The van der Waals surface area contributed by atoms with Gasteiger partial charge in [0.25, 0.3) is 0 Å². The number of benzene rings is 2. The lowest BCUT2D eigenvalue weighted by Gasteiger charge is -2.39. The normalized spacial score (nSPS) is 19.7. The second-order valence-electron chi connectivity index (χ2n) is 5.63. The summed E-state index contributed by atoms with van der Waals surface area (Å²) in [5.74, 6) is 1.74. The van der Waals surface area contributed by atoms with E-state index in [9.17, 15) is 10.0 Å². The van der Waals surface area contributed by atoms with Gasteiger partial charge in [0.1, 0.15) is 11.5 Å². The predicted octanol–water partition coefficient (Wildman–Crippen LogP) is 4.15. The Morgan fingerprint density at radius 2 is 1.87 bits per heavy atom. The van der Waals surface area contributed by atoms with Crippen LogP contribution in [0.15, 0.2) is 48.5 Å². The van der Waals surface area contributed by atoms with Crippen LogP contribution in [0.25, 0.3) is 0 Å². The van der Waals surface area contributed by atoms with Crippen molar-refractivity contribution in [1.29, 1.82) is 0 Å². The Hall–Kier alpha value is -2.24. The van der Waals surface area contributed by atoms with Gasteiger partial charge in [0.2, 0.25) is 0 Å². The third-order valence-corrected chi connectivity index (χ3v) is 4.32. The van der Waals surface area contributed by atoms with Gasteiger partial charge in [-0.2, -0.15) is 0 Å². The van der Waals surface area contributed by atoms with Crippen molar-refractivity contribution in [1.82, 2.24) is 5.06 Å². The van der Waals surface area contributed by atoms with E-state index < -0.39 is 6.03 Å². The van der Waals surface area contributed by atoms with Crippen molar-refractivity contribution in [3.63, 3.8) is 0 Å². The van der Waals surface area contributed by atoms with Crippen LogP contribution in [0.1, 0.15) is 24.3 Å². The molecule has 120 valence electrons. The molecule has 1 saturated carbocycles. The molecule has 6 heteroatoms. The van der Waals surface area contributed by atoms with Crippen LogP contribution in [-0.2, 0) is 0 Å². The highest BCUT2D eigenvalue weighted by Crippen LogP contribution is 2.40. The fraction of sp³-hybridized carbons (Fsp3) is 0.235. The topological polar surface area (TPSA) is 75.8 Å². The molecular weight excluding hydrogens is 316 g/mol. The smallest absolute Gasteiger partial charge is 0.338 e. The molecule has 0 spiro atoms. The molecule has 2 amide bonds. The van der Waals surface area contributed by atoms with Gasteiger partial charge in [-0.3, -0.25) is 5.21 Å². The van der Waals surface area contributed by atoms with Crippen LogP contribution < -0.4 is 10.5 Å². The number of nitrogens with zero attached hydrogens (tertiary/aromatic N) is 1. The van der Waals surface area contributed by atoms with Crippen LogP contribution in [0.5, 0.6) is 11.5 Å². The van der Waals surface area contributed by atoms with E-state index in [1.807, 2.05) is 36.4 Å². The number of hydroxylamine groups is 2. The Bertz CT molecular complexity index is 699. The Morgan fingerprint density at radius 3 is 2.52 bits per heavy atom. The number of primary amides is 1. The van der Waals surface area contributed by atoms with Crippen molar-refractivity contribution >= 4 is 17.6 Å². The van der Waals surface area contributed by atoms with Gasteiger partial charge in [-0.25, -0.2) is 9.86 Å². The van der Waals surface area contributed by atoms with E-state index >= 15 is 0 Å². The second-order valence-corrected chi connectivity index (χ2v) is 6.07. The van der Waals surface area contributed by atoms with Crippen molar-refractivity contribution in [3.05, 3.63) is 59.1 Å². The quantitative estimate of drug-likeness (QED) is 0.652. The third kappa shape index (κ3) is 3.57. The van der Waals surface area contributed by atoms with Gasteiger partial charge in [-0.05, 0) is 60.7 Å². The molecule has 0 unspecified atom stereocenters. The van der Waals surface area contributed by atoms with Crippen LogP contribution in [-0.4, -0.2) is 22.3 Å². The summed E-state index contributed by atoms with van der Waals surface area (Å²) in [6.07, 6.45) is 1.37. The highest BCUT2D eigenvalue weighted by atomic mass is 35.5. The van der Waals surface area contributed by atoms with Crippen LogP contribution in [0, 0.1) is 0 Å². The molecule has 5 nitrogen and oxygen atoms in total. The summed E-state index contributed by atoms with van der Waals surface area (Å²) in [4.78, 5) is 10.9. The Kier molecular flexibility index (Phi) is 4.41. The lowest BCUT2D eigenvalue weighted by molar-refractivity contribution is -0.102. The minimum absolute atomic E-state index is 0.210. The Balaban J connectivity index is 1.65. The molecule has 0 atom stereocenters. The van der Waals surface area contributed by atoms with E-state index in [0.717, 1.165) is 11.3 Å². The summed E-state index contributed by atoms with van der Waals surface area (Å²) in [7, 11) is 0. The Labute approximate surface area is 139 Å². The van der Waals surface area contributed by atoms with E-state index in [1.54, 1.807) is 12.1 Å². The summed E-state index contributed by atoms with van der Waals surface area (Å²) in [5, 5.41) is 10.8. The molecule has 3 rings (SSSR count). The zero-order valence-electron chi connectivity index (χ0n) is 12.4. The molecule has 3 N–H and O–H groups in total. The fourth-order valence-corrected chi connectivity index (χ4v) is 2.84. The molecule has 1 aliphatic rings. The van der Waals surface area contributed by atoms with Crippen molar-refractivity contribution < 1.29 is 14.7 Å². The average Bonchev–Trinajstić information content (AvgIpc) is 2.48. The maximum absolute atomic E-state index is 10.9. The maximum Gasteiger partial charge on any atom is 0.338 e. The van der Waals surface area contributed by atoms with Crippen LogP contribution in [0.4, 0.5) is 4.79 Å². The molecule has 2 aromatic rings. The van der Waals surface area contributed by atoms with Crippen molar-refractivity contribution in [3.8, 4) is 11.5 Å². The number of halogens is 1. The van der Waals surface area contributed by atoms with Gasteiger partial charge < -0.3 is 10.5 Å². The fourth-order valence-electron chi connectivity index (χ4n) is 2.71. The zero-order valence-corrected chi connectivity index (χ0v) is 13.1. The molecule has 23 heavy (non-hydrogen) atoms. The first-order valence-corrected chi connectivity index (χ1v) is 7.71. The summed E-state index contributed by atoms with van der Waals surface area (Å²) < 4.78 is 5.81. The van der Waals surface area contributed by atoms with E-state index in [2.05, 4.69) is 0 Å². The summed E-state index contributed by atoms with van der Waals surface area (Å²) in [6, 6.07) is 14.0. The van der Waals surface area contributed by atoms with Crippen LogP contribution in [0.3, 0.4) is 0 Å². The molecule has 1 aliphatic carbocycles. The zero-order chi connectivity index (χ0) is 16.4. The summed E-state index contributed by atoms with van der Waals surface area (Å²) in [6.45, 7) is 0. The first-order chi connectivity index (χ1) is 11.0. The van der Waals surface area contributed by atoms with Gasteiger partial charge in [-0.15, -0.1) is 0 Å². The van der Waals surface area contributed by atoms with Crippen molar-refractivity contribution in [2.75, 3.05) is 0 Å². The molecule has 2 aromatic carbocycles. The molecule has 0 bridgehead atoms. The number of hydrogen-bond acceptors (Lipinski definition) is 3. The minimum atomic E-state index is -0.812. The van der Waals surface area contributed by atoms with Gasteiger partial charge in [0, 0.05) is 5.02 Å². The maximum atomic E-state index is 10.9. The number of rotatable bonds is 4. The number of nitrogens with two attached hydrogens (primary N) is 1. The van der Waals surface area contributed by atoms with Crippen LogP contribution >= 0.6 is 11.6 Å². The molecule has 0 saturated heterocycles. The van der Waals surface area contributed by atoms with Gasteiger partial charge in [0.05, 0.1) is 6.04 Å². The number of amides is 2. The first-order valence-electron chi connectivity index (χ1n) is 7.34. The highest BCUT2D eigenvalue weighted by Gasteiger charge is 2.36. The molecular formula is C17H17ClN2O3. The highest BCUT2D eigenvalue weighted by molar-refractivity contribution is 6.30. The largest absolute Gasteiger partial charge is 0.457 e. The molecule has 0 aliphatic heterocycles. The number of carbonyl (C=O) groups is 1. The average molecular weight is 333 g/mol. The predicted molar refractivity (Wildman–Crippen MR) is 86.9 cm³/mol. The molecule has 0 heterocycles. The second kappa shape index (κ2) is 6.48. The lowest BCUT2D eigenvalue weighted by Crippen LogP contribution is -2.47. The third-order valence-electron chi connectivity index (χ3n) is 4.06. The van der Waals surface area contributed by atoms with Crippen molar-refractivity contribution in [2.45, 2.75) is 24.8 Å². The minimum Gasteiger partial charge on any atom is -0.457 e. The molecule has 0 aromatic heterocycles. The monoisotopic (exact) mass is 332 g/mol. The van der Waals surface area contributed by atoms with E-state index in [0.29, 0.717) is 28.7 Å².